The Balaban J connectivity index is 1.62. The van der Waals surface area contributed by atoms with Crippen LogP contribution in [0.3, 0.4) is 0 Å². The van der Waals surface area contributed by atoms with Crippen LogP contribution < -0.4 is 15.4 Å². The van der Waals surface area contributed by atoms with Crippen molar-refractivity contribution in [3.05, 3.63) is 84.1 Å². The van der Waals surface area contributed by atoms with Gasteiger partial charge in [-0.25, -0.2) is 0 Å². The summed E-state index contributed by atoms with van der Waals surface area (Å²) in [5.74, 6) is 0.0585. The van der Waals surface area contributed by atoms with Crippen LogP contribution >= 0.6 is 0 Å². The summed E-state index contributed by atoms with van der Waals surface area (Å²) in [5.41, 5.74) is 3.35. The third-order valence-corrected chi connectivity index (χ3v) is 4.74. The van der Waals surface area contributed by atoms with Crippen molar-refractivity contribution in [1.29, 1.82) is 5.26 Å². The molecule has 0 spiro atoms. The number of phenolic OH excluding ortho intramolecular Hbond substituents is 1. The molecule has 3 N–H and O–H groups in total. The highest BCUT2D eigenvalue weighted by Crippen LogP contribution is 2.36. The van der Waals surface area contributed by atoms with E-state index in [4.69, 9.17) is 4.74 Å². The molecule has 7 nitrogen and oxygen atoms in total. The Morgan fingerprint density at radius 2 is 1.77 bits per heavy atom. The summed E-state index contributed by atoms with van der Waals surface area (Å²) in [6.07, 6.45) is 1.45. The van der Waals surface area contributed by atoms with Crippen LogP contribution in [0.15, 0.2) is 72.9 Å². The minimum atomic E-state index is -0.194. The van der Waals surface area contributed by atoms with Crippen LogP contribution in [0.2, 0.25) is 0 Å². The van der Waals surface area contributed by atoms with Crippen LogP contribution in [0.4, 0.5) is 17.1 Å². The number of phenols is 1. The van der Waals surface area contributed by atoms with Crippen molar-refractivity contribution in [1.82, 2.24) is 4.98 Å². The maximum Gasteiger partial charge on any atom is 0.255 e. The SMILES string of the molecule is COc1cc2c(Nc3ccc(NC(=O)c4ccccc4)cc3)c(C#N)cnc2cc1O. The monoisotopic (exact) mass is 410 g/mol. The molecular formula is C24H18N4O3. The van der Waals surface area contributed by atoms with Crippen molar-refractivity contribution in [2.75, 3.05) is 17.7 Å². The molecule has 0 radical (unpaired) electrons. The number of nitriles is 1. The lowest BCUT2D eigenvalue weighted by Gasteiger charge is -2.14. The van der Waals surface area contributed by atoms with Crippen LogP contribution in [0.1, 0.15) is 15.9 Å². The predicted molar refractivity (Wildman–Crippen MR) is 119 cm³/mol. The molecule has 1 aromatic heterocycles. The van der Waals surface area contributed by atoms with Gasteiger partial charge in [-0.2, -0.15) is 5.26 Å². The molecule has 1 amide bonds. The van der Waals surface area contributed by atoms with Gasteiger partial charge in [0.25, 0.3) is 5.91 Å². The zero-order valence-electron chi connectivity index (χ0n) is 16.6. The van der Waals surface area contributed by atoms with Crippen LogP contribution in [-0.2, 0) is 0 Å². The van der Waals surface area contributed by atoms with Crippen molar-refractivity contribution in [2.24, 2.45) is 0 Å². The molecule has 7 heteroatoms. The molecule has 0 saturated heterocycles. The third kappa shape index (κ3) is 4.09. The number of benzene rings is 3. The number of hydrogen-bond acceptors (Lipinski definition) is 6. The number of aromatic hydroxyl groups is 1. The fourth-order valence-electron chi connectivity index (χ4n) is 3.17. The van der Waals surface area contributed by atoms with Gasteiger partial charge in [-0.15, -0.1) is 0 Å². The van der Waals surface area contributed by atoms with E-state index >= 15 is 0 Å². The molecule has 0 fully saturated rings. The first kappa shape index (κ1) is 19.7. The largest absolute Gasteiger partial charge is 0.504 e. The number of methoxy groups -OCH3 is 1. The van der Waals surface area contributed by atoms with Gasteiger partial charge in [0.2, 0.25) is 0 Å². The second-order valence-corrected chi connectivity index (χ2v) is 6.72. The van der Waals surface area contributed by atoms with Gasteiger partial charge in [-0.3, -0.25) is 9.78 Å². The molecule has 0 unspecified atom stereocenters. The first-order valence-corrected chi connectivity index (χ1v) is 9.42. The number of nitrogens with one attached hydrogen (secondary N) is 2. The van der Waals surface area contributed by atoms with Gasteiger partial charge >= 0.3 is 0 Å². The topological polar surface area (TPSA) is 107 Å². The number of fused-ring (bicyclic) bond motifs is 1. The number of anilines is 3. The average Bonchev–Trinajstić information content (AvgIpc) is 2.80. The molecule has 3 aromatic carbocycles. The van der Waals surface area contributed by atoms with E-state index in [2.05, 4.69) is 21.7 Å². The van der Waals surface area contributed by atoms with E-state index in [0.717, 1.165) is 0 Å². The normalized spacial score (nSPS) is 10.3. The standard InChI is InChI=1S/C24H18N4O3/c1-31-22-11-19-20(12-21(22)29)26-14-16(13-25)23(19)27-17-7-9-18(10-8-17)28-24(30)15-5-3-2-4-6-15/h2-12,14,29H,1H3,(H,26,27)(H,28,30). The number of pyridine rings is 1. The highest BCUT2D eigenvalue weighted by molar-refractivity contribution is 6.04. The van der Waals surface area contributed by atoms with E-state index in [-0.39, 0.29) is 17.4 Å². The molecule has 4 aromatic rings. The fourth-order valence-corrected chi connectivity index (χ4v) is 3.17. The van der Waals surface area contributed by atoms with Crippen molar-refractivity contribution >= 4 is 33.9 Å². The first-order valence-electron chi connectivity index (χ1n) is 9.42. The van der Waals surface area contributed by atoms with Crippen LogP contribution in [0.5, 0.6) is 11.5 Å². The minimum Gasteiger partial charge on any atom is -0.504 e. The summed E-state index contributed by atoms with van der Waals surface area (Å²) in [6.45, 7) is 0. The summed E-state index contributed by atoms with van der Waals surface area (Å²) in [5, 5.41) is 26.3. The molecule has 0 atom stereocenters. The minimum absolute atomic E-state index is 0.0309. The lowest BCUT2D eigenvalue weighted by atomic mass is 10.1. The van der Waals surface area contributed by atoms with Crippen molar-refractivity contribution in [2.45, 2.75) is 0 Å². The zero-order valence-corrected chi connectivity index (χ0v) is 16.6. The number of nitrogens with zero attached hydrogens (tertiary/aromatic N) is 2. The van der Waals surface area contributed by atoms with Crippen molar-refractivity contribution in [3.8, 4) is 17.6 Å². The van der Waals surface area contributed by atoms with E-state index in [9.17, 15) is 15.2 Å². The molecule has 31 heavy (non-hydrogen) atoms. The van der Waals surface area contributed by atoms with Crippen molar-refractivity contribution in [3.63, 3.8) is 0 Å². The van der Waals surface area contributed by atoms with Crippen LogP contribution in [-0.4, -0.2) is 23.1 Å². The maximum absolute atomic E-state index is 12.3. The molecule has 152 valence electrons. The summed E-state index contributed by atoms with van der Waals surface area (Å²) in [6, 6.07) is 21.3. The second-order valence-electron chi connectivity index (χ2n) is 6.72. The molecular weight excluding hydrogens is 392 g/mol. The number of rotatable bonds is 5. The first-order chi connectivity index (χ1) is 15.1. The fraction of sp³-hybridized carbons (Fsp3) is 0.0417. The smallest absolute Gasteiger partial charge is 0.255 e. The van der Waals surface area contributed by atoms with E-state index in [1.165, 1.54) is 19.4 Å². The predicted octanol–water partition coefficient (Wildman–Crippen LogP) is 4.82. The Bertz CT molecular complexity index is 1300. The number of carbonyl (C=O) groups excluding carboxylic acids is 1. The summed E-state index contributed by atoms with van der Waals surface area (Å²) in [4.78, 5) is 16.5. The van der Waals surface area contributed by atoms with E-state index in [0.29, 0.717) is 39.1 Å². The highest BCUT2D eigenvalue weighted by atomic mass is 16.5. The number of hydrogen-bond donors (Lipinski definition) is 3. The van der Waals surface area contributed by atoms with E-state index < -0.39 is 0 Å². The molecule has 0 aliphatic heterocycles. The molecule has 0 aliphatic carbocycles. The highest BCUT2D eigenvalue weighted by Gasteiger charge is 2.13. The Morgan fingerprint density at radius 3 is 2.45 bits per heavy atom. The number of carbonyl (C=O) groups is 1. The average molecular weight is 410 g/mol. The molecule has 0 aliphatic rings. The van der Waals surface area contributed by atoms with Gasteiger partial charge in [-0.05, 0) is 42.5 Å². The number of aromatic nitrogens is 1. The number of amides is 1. The van der Waals surface area contributed by atoms with Gasteiger partial charge in [0.15, 0.2) is 11.5 Å². The Hall–Kier alpha value is -4.57. The Morgan fingerprint density at radius 1 is 1.06 bits per heavy atom. The van der Waals surface area contributed by atoms with Crippen LogP contribution in [0, 0.1) is 11.3 Å². The molecule has 0 saturated carbocycles. The summed E-state index contributed by atoms with van der Waals surface area (Å²) < 4.78 is 5.19. The third-order valence-electron chi connectivity index (χ3n) is 4.74. The lowest BCUT2D eigenvalue weighted by molar-refractivity contribution is 0.102. The molecule has 1 heterocycles. The Kier molecular flexibility index (Phi) is 5.37. The number of ether oxygens (including phenoxy) is 1. The summed E-state index contributed by atoms with van der Waals surface area (Å²) >= 11 is 0. The summed E-state index contributed by atoms with van der Waals surface area (Å²) in [7, 11) is 1.46. The molecule has 4 rings (SSSR count). The van der Waals surface area contributed by atoms with Gasteiger partial charge in [0.05, 0.1) is 23.9 Å². The van der Waals surface area contributed by atoms with Crippen LogP contribution in [0.25, 0.3) is 10.9 Å². The van der Waals surface area contributed by atoms with E-state index in [1.807, 2.05) is 18.2 Å². The van der Waals surface area contributed by atoms with E-state index in [1.54, 1.807) is 42.5 Å². The zero-order chi connectivity index (χ0) is 21.8. The van der Waals surface area contributed by atoms with Gasteiger partial charge in [0, 0.05) is 34.6 Å². The van der Waals surface area contributed by atoms with Crippen molar-refractivity contribution < 1.29 is 14.6 Å². The van der Waals surface area contributed by atoms with Gasteiger partial charge in [-0.1, -0.05) is 18.2 Å². The quantitative estimate of drug-likeness (QED) is 0.436. The molecule has 0 bridgehead atoms. The maximum atomic E-state index is 12.3. The lowest BCUT2D eigenvalue weighted by Crippen LogP contribution is -2.11. The Labute approximate surface area is 178 Å². The second kappa shape index (κ2) is 8.43. The van der Waals surface area contributed by atoms with Gasteiger partial charge in [0.1, 0.15) is 6.07 Å². The van der Waals surface area contributed by atoms with Gasteiger partial charge < -0.3 is 20.5 Å².